The molecule has 21 heavy (non-hydrogen) atoms. The Morgan fingerprint density at radius 3 is 1.95 bits per heavy atom. The largest absolute Gasteiger partial charge is 0.338 e. The Bertz CT molecular complexity index is 637. The molecule has 0 bridgehead atoms. The fourth-order valence-corrected chi connectivity index (χ4v) is 4.77. The Morgan fingerprint density at radius 2 is 1.48 bits per heavy atom. The molecule has 106 valence electrons. The second kappa shape index (κ2) is 6.69. The van der Waals surface area contributed by atoms with E-state index in [0.717, 1.165) is 18.4 Å². The van der Waals surface area contributed by atoms with Crippen molar-refractivity contribution in [3.63, 3.8) is 0 Å². The molecule has 0 amide bonds. The number of imidazole rings is 1. The van der Waals surface area contributed by atoms with Crippen molar-refractivity contribution in [1.82, 2.24) is 9.55 Å². The standard InChI is InChI=1S/C18H19N2P/c1-20-14-13-19-18(20)12-15-21(16-8-4-2-5-9-16)17-10-6-3-7-11-17/h2-11,13-14H,12,15H2,1H3. The van der Waals surface area contributed by atoms with Crippen LogP contribution in [0.2, 0.25) is 0 Å². The van der Waals surface area contributed by atoms with E-state index in [-0.39, 0.29) is 7.92 Å². The number of hydrogen-bond donors (Lipinski definition) is 0. The molecule has 3 heteroatoms. The summed E-state index contributed by atoms with van der Waals surface area (Å²) < 4.78 is 2.11. The van der Waals surface area contributed by atoms with Gasteiger partial charge < -0.3 is 4.57 Å². The van der Waals surface area contributed by atoms with E-state index in [9.17, 15) is 0 Å². The molecule has 0 saturated carbocycles. The molecule has 2 nitrogen and oxygen atoms in total. The first-order valence-corrected chi connectivity index (χ1v) is 8.71. The van der Waals surface area contributed by atoms with Crippen LogP contribution >= 0.6 is 7.92 Å². The molecule has 0 aliphatic heterocycles. The van der Waals surface area contributed by atoms with Crippen molar-refractivity contribution in [2.45, 2.75) is 6.42 Å². The molecule has 0 unspecified atom stereocenters. The van der Waals surface area contributed by atoms with Gasteiger partial charge in [0, 0.05) is 25.9 Å². The molecule has 1 heterocycles. The summed E-state index contributed by atoms with van der Waals surface area (Å²) in [5, 5.41) is 2.88. The van der Waals surface area contributed by atoms with Gasteiger partial charge in [0.05, 0.1) is 0 Å². The molecule has 3 rings (SSSR count). The lowest BCUT2D eigenvalue weighted by atomic mass is 10.4. The quantitative estimate of drug-likeness (QED) is 0.661. The van der Waals surface area contributed by atoms with Gasteiger partial charge in [0.25, 0.3) is 0 Å². The maximum absolute atomic E-state index is 4.45. The van der Waals surface area contributed by atoms with E-state index < -0.39 is 0 Å². The van der Waals surface area contributed by atoms with Crippen LogP contribution in [0, 0.1) is 0 Å². The van der Waals surface area contributed by atoms with Crippen molar-refractivity contribution >= 4 is 18.5 Å². The number of benzene rings is 2. The van der Waals surface area contributed by atoms with Crippen molar-refractivity contribution in [2.24, 2.45) is 7.05 Å². The van der Waals surface area contributed by atoms with Crippen LogP contribution in [0.15, 0.2) is 73.1 Å². The third-order valence-corrected chi connectivity index (χ3v) is 6.13. The lowest BCUT2D eigenvalue weighted by Crippen LogP contribution is -2.15. The monoisotopic (exact) mass is 294 g/mol. The molecule has 0 spiro atoms. The Hall–Kier alpha value is -1.92. The zero-order valence-corrected chi connectivity index (χ0v) is 13.1. The summed E-state index contributed by atoms with van der Waals surface area (Å²) in [6, 6.07) is 21.7. The van der Waals surface area contributed by atoms with E-state index >= 15 is 0 Å². The van der Waals surface area contributed by atoms with Crippen molar-refractivity contribution in [2.75, 3.05) is 6.16 Å². The number of aromatic nitrogens is 2. The van der Waals surface area contributed by atoms with E-state index in [1.54, 1.807) is 0 Å². The Morgan fingerprint density at radius 1 is 0.905 bits per heavy atom. The first kappa shape index (κ1) is 14.0. The average Bonchev–Trinajstić information content (AvgIpc) is 2.95. The number of aryl methyl sites for hydroxylation is 2. The van der Waals surface area contributed by atoms with Crippen LogP contribution in [0.5, 0.6) is 0 Å². The van der Waals surface area contributed by atoms with Gasteiger partial charge in [-0.05, 0) is 24.7 Å². The zero-order valence-electron chi connectivity index (χ0n) is 12.2. The summed E-state index contributed by atoms with van der Waals surface area (Å²) in [5.41, 5.74) is 0. The molecule has 1 aromatic heterocycles. The summed E-state index contributed by atoms with van der Waals surface area (Å²) >= 11 is 0. The fourth-order valence-electron chi connectivity index (χ4n) is 2.47. The van der Waals surface area contributed by atoms with Crippen LogP contribution in [-0.2, 0) is 13.5 Å². The van der Waals surface area contributed by atoms with Crippen LogP contribution in [-0.4, -0.2) is 15.7 Å². The molecule has 0 N–H and O–H groups in total. The van der Waals surface area contributed by atoms with Gasteiger partial charge in [-0.1, -0.05) is 60.7 Å². The van der Waals surface area contributed by atoms with Crippen LogP contribution in [0.3, 0.4) is 0 Å². The summed E-state index contributed by atoms with van der Waals surface area (Å²) in [4.78, 5) is 4.45. The maximum Gasteiger partial charge on any atom is 0.108 e. The van der Waals surface area contributed by atoms with Gasteiger partial charge in [0.2, 0.25) is 0 Å². The third kappa shape index (κ3) is 3.40. The molecule has 0 atom stereocenters. The Balaban J connectivity index is 1.85. The van der Waals surface area contributed by atoms with Crippen molar-refractivity contribution < 1.29 is 0 Å². The van der Waals surface area contributed by atoms with Gasteiger partial charge in [-0.15, -0.1) is 0 Å². The molecule has 0 aliphatic rings. The van der Waals surface area contributed by atoms with Gasteiger partial charge in [-0.3, -0.25) is 0 Å². The topological polar surface area (TPSA) is 17.8 Å². The molecule has 2 aromatic carbocycles. The van der Waals surface area contributed by atoms with Crippen LogP contribution in [0.25, 0.3) is 0 Å². The molecule has 0 aliphatic carbocycles. The number of rotatable bonds is 5. The summed E-state index contributed by atoms with van der Waals surface area (Å²) in [5.74, 6) is 1.16. The lowest BCUT2D eigenvalue weighted by Gasteiger charge is -2.18. The smallest absolute Gasteiger partial charge is 0.108 e. The predicted octanol–water partition coefficient (Wildman–Crippen LogP) is 3.10. The number of nitrogens with zero attached hydrogens (tertiary/aromatic N) is 2. The van der Waals surface area contributed by atoms with Gasteiger partial charge in [0.15, 0.2) is 0 Å². The van der Waals surface area contributed by atoms with Crippen LogP contribution in [0.1, 0.15) is 5.82 Å². The maximum atomic E-state index is 4.45. The SMILES string of the molecule is Cn1ccnc1CCP(c1ccccc1)c1ccccc1. The lowest BCUT2D eigenvalue weighted by molar-refractivity contribution is 0.810. The normalized spacial score (nSPS) is 11.0. The number of hydrogen-bond acceptors (Lipinski definition) is 1. The van der Waals surface area contributed by atoms with E-state index in [0.29, 0.717) is 0 Å². The molecule has 3 aromatic rings. The minimum atomic E-state index is -0.321. The Labute approximate surface area is 127 Å². The average molecular weight is 294 g/mol. The fraction of sp³-hybridized carbons (Fsp3) is 0.167. The second-order valence-corrected chi connectivity index (χ2v) is 7.36. The van der Waals surface area contributed by atoms with Crippen molar-refractivity contribution in [1.29, 1.82) is 0 Å². The van der Waals surface area contributed by atoms with Crippen molar-refractivity contribution in [3.05, 3.63) is 78.9 Å². The van der Waals surface area contributed by atoms with E-state index in [1.165, 1.54) is 10.6 Å². The minimum absolute atomic E-state index is 0.321. The molecular weight excluding hydrogens is 275 g/mol. The molecule has 0 fully saturated rings. The summed E-state index contributed by atoms with van der Waals surface area (Å²) in [7, 11) is 1.74. The van der Waals surface area contributed by atoms with Gasteiger partial charge >= 0.3 is 0 Å². The minimum Gasteiger partial charge on any atom is -0.338 e. The van der Waals surface area contributed by atoms with Gasteiger partial charge in [-0.25, -0.2) is 4.98 Å². The molecular formula is C18H19N2P. The van der Waals surface area contributed by atoms with E-state index in [1.807, 2.05) is 12.4 Å². The van der Waals surface area contributed by atoms with Crippen LogP contribution in [0.4, 0.5) is 0 Å². The highest BCUT2D eigenvalue weighted by Gasteiger charge is 2.14. The highest BCUT2D eigenvalue weighted by atomic mass is 31.1. The van der Waals surface area contributed by atoms with E-state index in [4.69, 9.17) is 0 Å². The molecule has 0 saturated heterocycles. The third-order valence-electron chi connectivity index (χ3n) is 3.62. The first-order chi connectivity index (χ1) is 10.3. The van der Waals surface area contributed by atoms with E-state index in [2.05, 4.69) is 77.3 Å². The second-order valence-electron chi connectivity index (χ2n) is 5.03. The highest BCUT2D eigenvalue weighted by molar-refractivity contribution is 7.73. The van der Waals surface area contributed by atoms with Gasteiger partial charge in [0.1, 0.15) is 5.82 Å². The van der Waals surface area contributed by atoms with Crippen LogP contribution < -0.4 is 10.6 Å². The summed E-state index contributed by atoms with van der Waals surface area (Å²) in [6.45, 7) is 0. The zero-order chi connectivity index (χ0) is 14.5. The Kier molecular flexibility index (Phi) is 4.47. The van der Waals surface area contributed by atoms with Crippen molar-refractivity contribution in [3.8, 4) is 0 Å². The molecule has 0 radical (unpaired) electrons. The predicted molar refractivity (Wildman–Crippen MR) is 90.9 cm³/mol. The highest BCUT2D eigenvalue weighted by Crippen LogP contribution is 2.33. The first-order valence-electron chi connectivity index (χ1n) is 7.18. The van der Waals surface area contributed by atoms with Gasteiger partial charge in [-0.2, -0.15) is 0 Å². The summed E-state index contributed by atoms with van der Waals surface area (Å²) in [6.07, 6.45) is 6.04.